The lowest BCUT2D eigenvalue weighted by Crippen LogP contribution is -2.34. The van der Waals surface area contributed by atoms with Gasteiger partial charge in [0.15, 0.2) is 0 Å². The fraction of sp³-hybridized carbons (Fsp3) is 0.429. The number of pyridine rings is 1. The molecule has 0 unspecified atom stereocenters. The fourth-order valence-electron chi connectivity index (χ4n) is 3.67. The van der Waals surface area contributed by atoms with Gasteiger partial charge in [-0.05, 0) is 43.5 Å². The van der Waals surface area contributed by atoms with Crippen molar-refractivity contribution >= 4 is 37.8 Å². The van der Waals surface area contributed by atoms with Gasteiger partial charge in [0.1, 0.15) is 5.52 Å². The summed E-state index contributed by atoms with van der Waals surface area (Å²) in [5.74, 6) is -0.995. The third-order valence-corrected chi connectivity index (χ3v) is 6.80. The molecule has 1 aromatic carbocycles. The summed E-state index contributed by atoms with van der Waals surface area (Å²) in [6.45, 7) is 1.54. The zero-order chi connectivity index (χ0) is 21.7. The van der Waals surface area contributed by atoms with E-state index in [2.05, 4.69) is 14.7 Å². The minimum absolute atomic E-state index is 0.00561. The summed E-state index contributed by atoms with van der Waals surface area (Å²) in [6.07, 6.45) is 8.06. The van der Waals surface area contributed by atoms with Gasteiger partial charge in [0.25, 0.3) is 5.56 Å². The molecule has 30 heavy (non-hydrogen) atoms. The number of sulfonamides is 1. The Kier molecular flexibility index (Phi) is 6.94. The number of aromatic amines is 2. The van der Waals surface area contributed by atoms with Gasteiger partial charge in [-0.15, -0.1) is 0 Å². The maximum absolute atomic E-state index is 12.8. The van der Waals surface area contributed by atoms with Crippen LogP contribution in [0.3, 0.4) is 0 Å². The Labute approximate surface area is 174 Å². The topological polar surface area (TPSA) is 135 Å². The molecule has 1 saturated carbocycles. The van der Waals surface area contributed by atoms with Crippen LogP contribution in [0.1, 0.15) is 51.9 Å². The second-order valence-corrected chi connectivity index (χ2v) is 9.18. The van der Waals surface area contributed by atoms with Crippen molar-refractivity contribution < 1.29 is 18.3 Å². The number of fused-ring (bicyclic) bond motifs is 3. The lowest BCUT2D eigenvalue weighted by atomic mass is 10.1. The van der Waals surface area contributed by atoms with E-state index in [0.29, 0.717) is 11.0 Å². The van der Waals surface area contributed by atoms with E-state index in [9.17, 15) is 23.1 Å². The van der Waals surface area contributed by atoms with Crippen molar-refractivity contribution in [2.45, 2.75) is 62.8 Å². The average molecular weight is 433 g/mol. The molecule has 0 spiro atoms. The summed E-state index contributed by atoms with van der Waals surface area (Å²) in [6, 6.07) is 6.65. The van der Waals surface area contributed by atoms with E-state index >= 15 is 0 Å². The van der Waals surface area contributed by atoms with Gasteiger partial charge in [-0.25, -0.2) is 13.1 Å². The molecule has 1 aliphatic rings. The Morgan fingerprint density at radius 2 is 1.80 bits per heavy atom. The highest BCUT2D eigenvalue weighted by Crippen LogP contribution is 2.25. The number of carboxylic acid groups (broad SMARTS) is 1. The van der Waals surface area contributed by atoms with Crippen LogP contribution in [0.25, 0.3) is 21.8 Å². The van der Waals surface area contributed by atoms with Gasteiger partial charge in [-0.1, -0.05) is 32.6 Å². The van der Waals surface area contributed by atoms with Gasteiger partial charge in [0, 0.05) is 34.5 Å². The molecule has 1 aliphatic carbocycles. The monoisotopic (exact) mass is 432 g/mol. The second-order valence-electron chi connectivity index (χ2n) is 7.46. The number of aliphatic carboxylic acids is 1. The first-order chi connectivity index (χ1) is 14.3. The number of nitrogens with one attached hydrogen (secondary N) is 3. The maximum atomic E-state index is 12.8. The molecule has 0 radical (unpaired) electrons. The number of benzene rings is 1. The van der Waals surface area contributed by atoms with E-state index in [1.165, 1.54) is 19.8 Å². The van der Waals surface area contributed by atoms with Crippen LogP contribution in [0.5, 0.6) is 0 Å². The zero-order valence-corrected chi connectivity index (χ0v) is 17.7. The van der Waals surface area contributed by atoms with E-state index in [1.54, 1.807) is 30.5 Å². The summed E-state index contributed by atoms with van der Waals surface area (Å²) in [5, 5.41) is 10.7. The Hall–Kier alpha value is -2.65. The minimum Gasteiger partial charge on any atom is -0.550 e. The van der Waals surface area contributed by atoms with Crippen LogP contribution in [0, 0.1) is 0 Å². The molecule has 1 fully saturated rings. The van der Waals surface area contributed by atoms with Crippen LogP contribution in [0.4, 0.5) is 0 Å². The predicted molar refractivity (Wildman–Crippen MR) is 114 cm³/mol. The van der Waals surface area contributed by atoms with Crippen LogP contribution in [-0.2, 0) is 14.8 Å². The van der Waals surface area contributed by atoms with Gasteiger partial charge >= 0.3 is 0 Å². The molecule has 3 N–H and O–H groups in total. The SMILES string of the molecule is CCC(=O)[O-].O=c1[nH]c2ccc(S(=O)(=O)NC3CCCCCC3)cc2c2cc[nH]c12. The number of hydrogen-bond donors (Lipinski definition) is 3. The number of rotatable bonds is 4. The lowest BCUT2D eigenvalue weighted by molar-refractivity contribution is -0.305. The normalized spacial score (nSPS) is 15.5. The van der Waals surface area contributed by atoms with Crippen LogP contribution < -0.4 is 15.4 Å². The van der Waals surface area contributed by atoms with Gasteiger partial charge in [-0.2, -0.15) is 0 Å². The second kappa shape index (κ2) is 9.44. The first-order valence-electron chi connectivity index (χ1n) is 10.2. The predicted octanol–water partition coefficient (Wildman–Crippen LogP) is 2.16. The standard InChI is InChI=1S/C18H21N3O3S.C3H6O2/c22-18-17-14(9-10-19-17)15-11-13(7-8-16(15)20-18)25(23,24)21-12-5-3-1-2-4-6-12;1-2-3(4)5/h7-12,19,21H,1-6H2,(H,20,22);2H2,1H3,(H,4,5)/p-1. The van der Waals surface area contributed by atoms with E-state index in [4.69, 9.17) is 0 Å². The van der Waals surface area contributed by atoms with Crippen molar-refractivity contribution in [3.8, 4) is 0 Å². The highest BCUT2D eigenvalue weighted by molar-refractivity contribution is 7.89. The fourth-order valence-corrected chi connectivity index (χ4v) is 5.00. The molecule has 0 aliphatic heterocycles. The van der Waals surface area contributed by atoms with Crippen molar-refractivity contribution in [1.29, 1.82) is 0 Å². The van der Waals surface area contributed by atoms with Crippen molar-refractivity contribution in [3.05, 3.63) is 40.8 Å². The summed E-state index contributed by atoms with van der Waals surface area (Å²) in [5.41, 5.74) is 0.879. The summed E-state index contributed by atoms with van der Waals surface area (Å²) in [4.78, 5) is 27.2. The van der Waals surface area contributed by atoms with Crippen LogP contribution in [0.2, 0.25) is 0 Å². The quantitative estimate of drug-likeness (QED) is 0.543. The molecule has 3 aromatic rings. The van der Waals surface area contributed by atoms with Gasteiger partial charge in [0.2, 0.25) is 10.0 Å². The van der Waals surface area contributed by atoms with Crippen LogP contribution in [-0.4, -0.2) is 30.4 Å². The van der Waals surface area contributed by atoms with E-state index in [0.717, 1.165) is 36.5 Å². The number of carbonyl (C=O) groups is 1. The molecule has 4 rings (SSSR count). The van der Waals surface area contributed by atoms with Gasteiger partial charge < -0.3 is 19.9 Å². The smallest absolute Gasteiger partial charge is 0.272 e. The number of H-pyrrole nitrogens is 2. The number of aromatic nitrogens is 2. The van der Waals surface area contributed by atoms with Crippen molar-refractivity contribution in [2.24, 2.45) is 0 Å². The lowest BCUT2D eigenvalue weighted by Gasteiger charge is -2.16. The molecule has 0 amide bonds. The maximum Gasteiger partial charge on any atom is 0.272 e. The molecule has 2 heterocycles. The molecule has 9 heteroatoms. The van der Waals surface area contributed by atoms with Crippen LogP contribution in [0.15, 0.2) is 40.2 Å². The summed E-state index contributed by atoms with van der Waals surface area (Å²) >= 11 is 0. The largest absolute Gasteiger partial charge is 0.550 e. The Bertz CT molecular complexity index is 1190. The molecular formula is C21H26N3O5S-. The molecular weight excluding hydrogens is 406 g/mol. The number of carbonyl (C=O) groups excluding carboxylic acids is 1. The highest BCUT2D eigenvalue weighted by atomic mass is 32.2. The number of hydrogen-bond acceptors (Lipinski definition) is 5. The van der Waals surface area contributed by atoms with E-state index < -0.39 is 16.0 Å². The Balaban J connectivity index is 0.000000461. The zero-order valence-electron chi connectivity index (χ0n) is 16.9. The first kappa shape index (κ1) is 22.0. The van der Waals surface area contributed by atoms with E-state index in [1.807, 2.05) is 0 Å². The third-order valence-electron chi connectivity index (χ3n) is 5.28. The van der Waals surface area contributed by atoms with Crippen LogP contribution >= 0.6 is 0 Å². The van der Waals surface area contributed by atoms with Crippen molar-refractivity contribution in [3.63, 3.8) is 0 Å². The molecule has 2 aromatic heterocycles. The molecule has 0 atom stereocenters. The van der Waals surface area contributed by atoms with E-state index in [-0.39, 0.29) is 22.9 Å². The van der Waals surface area contributed by atoms with Crippen molar-refractivity contribution in [1.82, 2.24) is 14.7 Å². The number of carboxylic acids is 1. The van der Waals surface area contributed by atoms with Gasteiger partial charge in [0.05, 0.1) is 4.90 Å². The molecule has 162 valence electrons. The summed E-state index contributed by atoms with van der Waals surface area (Å²) in [7, 11) is -3.58. The minimum atomic E-state index is -3.58. The Morgan fingerprint density at radius 3 is 2.43 bits per heavy atom. The first-order valence-corrected chi connectivity index (χ1v) is 11.7. The third kappa shape index (κ3) is 5.09. The average Bonchev–Trinajstić information content (AvgIpc) is 3.08. The summed E-state index contributed by atoms with van der Waals surface area (Å²) < 4.78 is 28.5. The Morgan fingerprint density at radius 1 is 1.13 bits per heavy atom. The van der Waals surface area contributed by atoms with Gasteiger partial charge in [-0.3, -0.25) is 4.79 Å². The highest BCUT2D eigenvalue weighted by Gasteiger charge is 2.22. The molecule has 0 bridgehead atoms. The molecule has 0 saturated heterocycles. The van der Waals surface area contributed by atoms with Crippen molar-refractivity contribution in [2.75, 3.05) is 0 Å². The molecule has 8 nitrogen and oxygen atoms in total.